The van der Waals surface area contributed by atoms with Crippen LogP contribution in [0, 0.1) is 0 Å². The second kappa shape index (κ2) is 4.55. The molecule has 0 aromatic heterocycles. The summed E-state index contributed by atoms with van der Waals surface area (Å²) in [7, 11) is 1.38. The van der Waals surface area contributed by atoms with E-state index in [0.29, 0.717) is 0 Å². The number of carboxylic acid groups (broad SMARTS) is 1. The van der Waals surface area contributed by atoms with Gasteiger partial charge in [-0.05, 0) is 0 Å². The summed E-state index contributed by atoms with van der Waals surface area (Å²) in [4.78, 5) is 20.3. The minimum Gasteiger partial charge on any atom is -0.504 e. The first-order valence-electron chi connectivity index (χ1n) is 2.60. The molecule has 0 saturated carbocycles. The van der Waals surface area contributed by atoms with E-state index in [1.165, 1.54) is 7.11 Å². The van der Waals surface area contributed by atoms with Crippen LogP contribution in [0.25, 0.3) is 0 Å². The molecule has 0 aliphatic heterocycles. The molecule has 0 rings (SSSR count). The number of carboxylic acids is 1. The second-order valence-electron chi connectivity index (χ2n) is 1.58. The molecule has 4 heteroatoms. The van der Waals surface area contributed by atoms with E-state index < -0.39 is 18.2 Å². The highest BCUT2D eigenvalue weighted by Gasteiger charge is 2.02. The number of ketones is 1. The fourth-order valence-electron chi connectivity index (χ4n) is 0.352. The van der Waals surface area contributed by atoms with Crippen LogP contribution in [0.2, 0.25) is 0 Å². The average molecular weight is 144 g/mol. The van der Waals surface area contributed by atoms with Gasteiger partial charge in [0, 0.05) is 6.08 Å². The highest BCUT2D eigenvalue weighted by molar-refractivity contribution is 6.01. The summed E-state index contributed by atoms with van der Waals surface area (Å²) in [6, 6.07) is 0. The van der Waals surface area contributed by atoms with Crippen molar-refractivity contribution >= 4 is 11.8 Å². The molecule has 0 saturated heterocycles. The molecule has 0 aromatic carbocycles. The van der Waals surface area contributed by atoms with E-state index in [-0.39, 0.29) is 0 Å². The van der Waals surface area contributed by atoms with Gasteiger partial charge >= 0.3 is 5.97 Å². The monoisotopic (exact) mass is 144 g/mol. The van der Waals surface area contributed by atoms with Crippen LogP contribution >= 0.6 is 0 Å². The quantitative estimate of drug-likeness (QED) is 0.347. The van der Waals surface area contributed by atoms with Crippen LogP contribution < -0.4 is 0 Å². The van der Waals surface area contributed by atoms with Crippen molar-refractivity contribution in [2.24, 2.45) is 0 Å². The fraction of sp³-hybridized carbons (Fsp3) is 0.333. The smallest absolute Gasteiger partial charge is 0.311 e. The van der Waals surface area contributed by atoms with Crippen molar-refractivity contribution in [1.29, 1.82) is 0 Å². The number of carbonyl (C=O) groups excluding carboxylic acids is 1. The zero-order valence-electron chi connectivity index (χ0n) is 5.53. The summed E-state index contributed by atoms with van der Waals surface area (Å²) < 4.78 is 4.40. The number of carbonyl (C=O) groups is 2. The Bertz CT molecular complexity index is 159. The molecule has 0 aromatic rings. The van der Waals surface area contributed by atoms with Crippen molar-refractivity contribution in [3.63, 3.8) is 0 Å². The number of hydrogen-bond donors (Lipinski definition) is 1. The van der Waals surface area contributed by atoms with E-state index in [1.807, 2.05) is 0 Å². The van der Waals surface area contributed by atoms with Crippen molar-refractivity contribution in [3.05, 3.63) is 12.3 Å². The first kappa shape index (κ1) is 8.68. The van der Waals surface area contributed by atoms with Gasteiger partial charge in [0.25, 0.3) is 0 Å². The Morgan fingerprint density at radius 2 is 2.20 bits per heavy atom. The van der Waals surface area contributed by atoms with Gasteiger partial charge in [0.15, 0.2) is 5.78 Å². The van der Waals surface area contributed by atoms with Crippen molar-refractivity contribution in [3.8, 4) is 0 Å². The third kappa shape index (κ3) is 4.83. The Morgan fingerprint density at radius 3 is 2.60 bits per heavy atom. The van der Waals surface area contributed by atoms with Crippen LogP contribution in [0.5, 0.6) is 0 Å². The normalized spacial score (nSPS) is 9.70. The number of rotatable bonds is 4. The predicted molar refractivity (Wildman–Crippen MR) is 33.4 cm³/mol. The maximum atomic E-state index is 10.5. The van der Waals surface area contributed by atoms with Crippen LogP contribution in [-0.4, -0.2) is 24.0 Å². The van der Waals surface area contributed by atoms with Crippen LogP contribution in [0.3, 0.4) is 0 Å². The molecular weight excluding hydrogens is 136 g/mol. The number of aliphatic carboxylic acids is 1. The van der Waals surface area contributed by atoms with Crippen molar-refractivity contribution < 1.29 is 19.4 Å². The van der Waals surface area contributed by atoms with Crippen LogP contribution in [-0.2, 0) is 14.3 Å². The van der Waals surface area contributed by atoms with Crippen LogP contribution in [0.15, 0.2) is 12.3 Å². The SMILES string of the molecule is COC=CC(=O)CC(=O)O. The summed E-state index contributed by atoms with van der Waals surface area (Å²) in [6.45, 7) is 0. The van der Waals surface area contributed by atoms with Crippen molar-refractivity contribution in [2.75, 3.05) is 7.11 Å². The average Bonchev–Trinajstić information content (AvgIpc) is 1.82. The molecule has 0 aliphatic carbocycles. The summed E-state index contributed by atoms with van der Waals surface area (Å²) >= 11 is 0. The maximum Gasteiger partial charge on any atom is 0.311 e. The van der Waals surface area contributed by atoms with Gasteiger partial charge in [0.2, 0.25) is 0 Å². The highest BCUT2D eigenvalue weighted by atomic mass is 16.5. The second-order valence-corrected chi connectivity index (χ2v) is 1.58. The lowest BCUT2D eigenvalue weighted by molar-refractivity contribution is -0.139. The zero-order valence-corrected chi connectivity index (χ0v) is 5.53. The lowest BCUT2D eigenvalue weighted by Crippen LogP contribution is -2.03. The number of ether oxygens (including phenoxy) is 1. The topological polar surface area (TPSA) is 63.6 Å². The Balaban J connectivity index is 3.64. The van der Waals surface area contributed by atoms with Gasteiger partial charge < -0.3 is 9.84 Å². The maximum absolute atomic E-state index is 10.5. The third-order valence-electron chi connectivity index (χ3n) is 0.715. The fourth-order valence-corrected chi connectivity index (χ4v) is 0.352. The lowest BCUT2D eigenvalue weighted by Gasteiger charge is -1.87. The van der Waals surface area contributed by atoms with E-state index in [9.17, 15) is 9.59 Å². The van der Waals surface area contributed by atoms with E-state index in [4.69, 9.17) is 5.11 Å². The predicted octanol–water partition coefficient (Wildman–Crippen LogP) is 0.190. The van der Waals surface area contributed by atoms with E-state index in [1.54, 1.807) is 0 Å². The molecule has 4 nitrogen and oxygen atoms in total. The molecule has 0 heterocycles. The van der Waals surface area contributed by atoms with E-state index in [0.717, 1.165) is 12.3 Å². The minimum atomic E-state index is -1.13. The van der Waals surface area contributed by atoms with Gasteiger partial charge in [-0.2, -0.15) is 0 Å². The van der Waals surface area contributed by atoms with Crippen LogP contribution in [0.1, 0.15) is 6.42 Å². The Hall–Kier alpha value is -1.32. The summed E-state index contributed by atoms with van der Waals surface area (Å²) in [5.74, 6) is -1.61. The highest BCUT2D eigenvalue weighted by Crippen LogP contribution is 1.85. The molecule has 0 bridgehead atoms. The van der Waals surface area contributed by atoms with Gasteiger partial charge in [-0.25, -0.2) is 0 Å². The van der Waals surface area contributed by atoms with E-state index in [2.05, 4.69) is 4.74 Å². The number of methoxy groups -OCH3 is 1. The summed E-state index contributed by atoms with van der Waals surface area (Å²) in [5.41, 5.74) is 0. The van der Waals surface area contributed by atoms with Gasteiger partial charge in [-0.1, -0.05) is 0 Å². The van der Waals surface area contributed by atoms with Gasteiger partial charge in [-0.15, -0.1) is 0 Å². The standard InChI is InChI=1S/C6H8O4/c1-10-3-2-5(7)4-6(8)9/h2-3H,4H2,1H3,(H,8,9). The molecule has 1 N–H and O–H groups in total. The number of hydrogen-bond acceptors (Lipinski definition) is 3. The minimum absolute atomic E-state index is 0.477. The molecule has 0 spiro atoms. The molecule has 10 heavy (non-hydrogen) atoms. The van der Waals surface area contributed by atoms with Crippen LogP contribution in [0.4, 0.5) is 0 Å². The summed E-state index contributed by atoms with van der Waals surface area (Å²) in [5, 5.41) is 8.09. The Morgan fingerprint density at radius 1 is 1.60 bits per heavy atom. The lowest BCUT2D eigenvalue weighted by atomic mass is 10.3. The van der Waals surface area contributed by atoms with Gasteiger partial charge in [0.1, 0.15) is 6.42 Å². The van der Waals surface area contributed by atoms with Gasteiger partial charge in [0.05, 0.1) is 13.4 Å². The van der Waals surface area contributed by atoms with Gasteiger partial charge in [-0.3, -0.25) is 9.59 Å². The molecule has 0 fully saturated rings. The summed E-state index contributed by atoms with van der Waals surface area (Å²) in [6.07, 6.45) is 1.74. The molecule has 0 amide bonds. The van der Waals surface area contributed by atoms with E-state index >= 15 is 0 Å². The molecule has 56 valence electrons. The van der Waals surface area contributed by atoms with Crippen molar-refractivity contribution in [1.82, 2.24) is 0 Å². The first-order chi connectivity index (χ1) is 4.66. The third-order valence-corrected chi connectivity index (χ3v) is 0.715. The Labute approximate surface area is 58.1 Å². The molecule has 0 atom stereocenters. The Kier molecular flexibility index (Phi) is 3.95. The molecular formula is C6H8O4. The number of allylic oxidation sites excluding steroid dienone is 1. The molecule has 0 radical (unpaired) electrons. The molecule has 0 unspecified atom stereocenters. The zero-order chi connectivity index (χ0) is 7.98. The first-order valence-corrected chi connectivity index (χ1v) is 2.60. The largest absolute Gasteiger partial charge is 0.504 e. The molecule has 0 aliphatic rings. The van der Waals surface area contributed by atoms with Crippen molar-refractivity contribution in [2.45, 2.75) is 6.42 Å².